The molecule has 0 saturated carbocycles. The minimum Gasteiger partial charge on any atom is -0.497 e. The summed E-state index contributed by atoms with van der Waals surface area (Å²) in [5, 5.41) is 0.0231. The standard InChI is InChI=1S/C9H13NO.C6H5ClO3S/c1-11-9-4-2-8(3-5-9)6-7-10;7-5-3-1-2-4-6(5)11(8,9)10/h2-5H,6-7,10H2,1H3;1-4H,(H,8,9,10). The summed E-state index contributed by atoms with van der Waals surface area (Å²) in [5.74, 6) is 0.894. The number of hydrogen-bond acceptors (Lipinski definition) is 4. The van der Waals surface area contributed by atoms with Gasteiger partial charge in [-0.05, 0) is 42.8 Å². The van der Waals surface area contributed by atoms with Crippen LogP contribution < -0.4 is 10.5 Å². The van der Waals surface area contributed by atoms with Gasteiger partial charge in [0.15, 0.2) is 0 Å². The third-order valence-corrected chi connectivity index (χ3v) is 4.06. The van der Waals surface area contributed by atoms with E-state index in [9.17, 15) is 8.42 Å². The van der Waals surface area contributed by atoms with E-state index in [0.717, 1.165) is 12.2 Å². The van der Waals surface area contributed by atoms with E-state index in [1.807, 2.05) is 24.3 Å². The predicted molar refractivity (Wildman–Crippen MR) is 87.0 cm³/mol. The summed E-state index contributed by atoms with van der Waals surface area (Å²) in [7, 11) is -2.50. The van der Waals surface area contributed by atoms with Gasteiger partial charge in [-0.3, -0.25) is 4.55 Å². The van der Waals surface area contributed by atoms with E-state index in [0.29, 0.717) is 6.54 Å². The first-order valence-electron chi connectivity index (χ1n) is 6.43. The predicted octanol–water partition coefficient (Wildman–Crippen LogP) is 2.78. The van der Waals surface area contributed by atoms with Gasteiger partial charge in [0.05, 0.1) is 12.1 Å². The third kappa shape index (κ3) is 6.03. The van der Waals surface area contributed by atoms with Crippen molar-refractivity contribution in [3.8, 4) is 5.75 Å². The van der Waals surface area contributed by atoms with Crippen LogP contribution in [0.5, 0.6) is 5.75 Å². The lowest BCUT2D eigenvalue weighted by atomic mass is 10.1. The topological polar surface area (TPSA) is 89.6 Å². The number of methoxy groups -OCH3 is 1. The van der Waals surface area contributed by atoms with E-state index in [-0.39, 0.29) is 9.92 Å². The van der Waals surface area contributed by atoms with Crippen LogP contribution in [0, 0.1) is 0 Å². The van der Waals surface area contributed by atoms with E-state index in [1.165, 1.54) is 23.8 Å². The Labute approximate surface area is 135 Å². The van der Waals surface area contributed by atoms with Gasteiger partial charge in [-0.2, -0.15) is 8.42 Å². The van der Waals surface area contributed by atoms with Gasteiger partial charge in [0.2, 0.25) is 0 Å². The number of benzene rings is 2. The quantitative estimate of drug-likeness (QED) is 0.833. The molecular weight excluding hydrogens is 326 g/mol. The molecule has 0 heterocycles. The summed E-state index contributed by atoms with van der Waals surface area (Å²) in [6.45, 7) is 0.701. The molecule has 2 aromatic carbocycles. The summed E-state index contributed by atoms with van der Waals surface area (Å²) in [5.41, 5.74) is 6.66. The SMILES string of the molecule is COc1ccc(CCN)cc1.O=S(=O)(O)c1ccccc1Cl. The van der Waals surface area contributed by atoms with Gasteiger partial charge in [0.1, 0.15) is 10.6 Å². The number of rotatable bonds is 4. The first kappa shape index (κ1) is 18.4. The maximum Gasteiger partial charge on any atom is 0.296 e. The highest BCUT2D eigenvalue weighted by Crippen LogP contribution is 2.19. The first-order chi connectivity index (χ1) is 10.4. The lowest BCUT2D eigenvalue weighted by Crippen LogP contribution is -2.02. The van der Waals surface area contributed by atoms with Crippen molar-refractivity contribution in [2.75, 3.05) is 13.7 Å². The van der Waals surface area contributed by atoms with Crippen LogP contribution >= 0.6 is 11.6 Å². The van der Waals surface area contributed by atoms with Crippen molar-refractivity contribution in [3.63, 3.8) is 0 Å². The van der Waals surface area contributed by atoms with Crippen LogP contribution in [0.1, 0.15) is 5.56 Å². The Kier molecular flexibility index (Phi) is 7.34. The largest absolute Gasteiger partial charge is 0.497 e. The minimum absolute atomic E-state index is 0.0231. The lowest BCUT2D eigenvalue weighted by Gasteiger charge is -2.00. The van der Waals surface area contributed by atoms with Gasteiger partial charge in [0.25, 0.3) is 10.1 Å². The van der Waals surface area contributed by atoms with Gasteiger partial charge < -0.3 is 10.5 Å². The van der Waals surface area contributed by atoms with Crippen LogP contribution in [0.25, 0.3) is 0 Å². The Morgan fingerprint density at radius 3 is 2.14 bits per heavy atom. The zero-order valence-electron chi connectivity index (χ0n) is 12.1. The Hall–Kier alpha value is -1.60. The molecule has 5 nitrogen and oxygen atoms in total. The molecule has 0 aromatic heterocycles. The number of nitrogens with two attached hydrogens (primary N) is 1. The van der Waals surface area contributed by atoms with Crippen molar-refractivity contribution in [3.05, 3.63) is 59.1 Å². The Morgan fingerprint density at radius 2 is 1.73 bits per heavy atom. The van der Waals surface area contributed by atoms with Crippen molar-refractivity contribution in [2.24, 2.45) is 5.73 Å². The third-order valence-electron chi connectivity index (χ3n) is 2.71. The molecule has 7 heteroatoms. The van der Waals surface area contributed by atoms with E-state index in [2.05, 4.69) is 0 Å². The average Bonchev–Trinajstić information content (AvgIpc) is 2.48. The zero-order chi connectivity index (χ0) is 16.6. The van der Waals surface area contributed by atoms with Crippen molar-refractivity contribution >= 4 is 21.7 Å². The zero-order valence-corrected chi connectivity index (χ0v) is 13.6. The molecule has 3 N–H and O–H groups in total. The van der Waals surface area contributed by atoms with Crippen LogP contribution in [-0.4, -0.2) is 26.6 Å². The van der Waals surface area contributed by atoms with Crippen LogP contribution in [0.4, 0.5) is 0 Å². The van der Waals surface area contributed by atoms with E-state index < -0.39 is 10.1 Å². The maximum absolute atomic E-state index is 10.5. The Morgan fingerprint density at radius 1 is 1.14 bits per heavy atom. The Balaban J connectivity index is 0.000000220. The van der Waals surface area contributed by atoms with Crippen LogP contribution in [0.2, 0.25) is 5.02 Å². The van der Waals surface area contributed by atoms with Gasteiger partial charge in [-0.15, -0.1) is 0 Å². The fourth-order valence-electron chi connectivity index (χ4n) is 1.61. The fourth-order valence-corrected chi connectivity index (χ4v) is 2.61. The first-order valence-corrected chi connectivity index (χ1v) is 8.25. The molecule has 120 valence electrons. The number of hydrogen-bond donors (Lipinski definition) is 2. The van der Waals surface area contributed by atoms with Gasteiger partial charge in [-0.1, -0.05) is 35.9 Å². The molecular formula is C15H18ClNO4S. The van der Waals surface area contributed by atoms with Crippen LogP contribution in [-0.2, 0) is 16.5 Å². The molecule has 0 fully saturated rings. The molecule has 0 spiro atoms. The summed E-state index contributed by atoms with van der Waals surface area (Å²) < 4.78 is 34.6. The van der Waals surface area contributed by atoms with Crippen LogP contribution in [0.3, 0.4) is 0 Å². The molecule has 0 aliphatic heterocycles. The summed E-state index contributed by atoms with van der Waals surface area (Å²) in [4.78, 5) is -0.262. The van der Waals surface area contributed by atoms with Crippen molar-refractivity contribution in [1.29, 1.82) is 0 Å². The van der Waals surface area contributed by atoms with Gasteiger partial charge in [0, 0.05) is 0 Å². The molecule has 22 heavy (non-hydrogen) atoms. The summed E-state index contributed by atoms with van der Waals surface area (Å²) in [6, 6.07) is 13.7. The maximum atomic E-state index is 10.5. The van der Waals surface area contributed by atoms with Crippen molar-refractivity contribution in [1.82, 2.24) is 0 Å². The Bertz CT molecular complexity index is 687. The molecule has 0 radical (unpaired) electrons. The summed E-state index contributed by atoms with van der Waals surface area (Å²) in [6.07, 6.45) is 0.935. The van der Waals surface area contributed by atoms with E-state index in [4.69, 9.17) is 26.6 Å². The molecule has 2 aromatic rings. The van der Waals surface area contributed by atoms with E-state index >= 15 is 0 Å². The molecule has 0 amide bonds. The number of ether oxygens (including phenoxy) is 1. The molecule has 0 aliphatic rings. The van der Waals surface area contributed by atoms with Crippen LogP contribution in [0.15, 0.2) is 53.4 Å². The second-order valence-corrected chi connectivity index (χ2v) is 6.09. The second kappa shape index (κ2) is 8.75. The molecule has 0 aliphatic carbocycles. The number of halogens is 1. The summed E-state index contributed by atoms with van der Waals surface area (Å²) >= 11 is 5.47. The average molecular weight is 344 g/mol. The molecule has 2 rings (SSSR count). The second-order valence-electron chi connectivity index (χ2n) is 4.29. The molecule has 0 atom stereocenters. The molecule has 0 saturated heterocycles. The molecule has 0 unspecified atom stereocenters. The minimum atomic E-state index is -4.17. The monoisotopic (exact) mass is 343 g/mol. The normalized spacial score (nSPS) is 10.5. The highest BCUT2D eigenvalue weighted by atomic mass is 35.5. The smallest absolute Gasteiger partial charge is 0.296 e. The van der Waals surface area contributed by atoms with Crippen molar-refractivity contribution in [2.45, 2.75) is 11.3 Å². The fraction of sp³-hybridized carbons (Fsp3) is 0.200. The highest BCUT2D eigenvalue weighted by Gasteiger charge is 2.12. The lowest BCUT2D eigenvalue weighted by molar-refractivity contribution is 0.414. The highest BCUT2D eigenvalue weighted by molar-refractivity contribution is 7.86. The van der Waals surface area contributed by atoms with Gasteiger partial charge in [-0.25, -0.2) is 0 Å². The van der Waals surface area contributed by atoms with Gasteiger partial charge >= 0.3 is 0 Å². The molecule has 0 bridgehead atoms. The van der Waals surface area contributed by atoms with Crippen molar-refractivity contribution < 1.29 is 17.7 Å². The van der Waals surface area contributed by atoms with E-state index in [1.54, 1.807) is 13.2 Å².